The maximum atomic E-state index is 13.3. The number of carbonyl (C=O) groups is 1. The molecule has 3 rings (SSSR count). The molecule has 0 aliphatic carbocycles. The van der Waals surface area contributed by atoms with Gasteiger partial charge in [-0.1, -0.05) is 50.4 Å². The maximum Gasteiger partial charge on any atom is 0.251 e. The Morgan fingerprint density at radius 3 is 2.27 bits per heavy atom. The Morgan fingerprint density at radius 1 is 1.06 bits per heavy atom. The number of hydrogen-bond donors (Lipinski definition) is 1. The van der Waals surface area contributed by atoms with Gasteiger partial charge in [0.2, 0.25) is 10.0 Å². The molecule has 0 saturated carbocycles. The lowest BCUT2D eigenvalue weighted by molar-refractivity contribution is 0.0931. The average Bonchev–Trinajstić information content (AvgIpc) is 3.09. The lowest BCUT2D eigenvalue weighted by Crippen LogP contribution is -2.33. The quantitative estimate of drug-likeness (QED) is 0.533. The van der Waals surface area contributed by atoms with E-state index in [-0.39, 0.29) is 27.4 Å². The topological polar surface area (TPSA) is 75.7 Å². The molecule has 1 aliphatic heterocycles. The molecule has 33 heavy (non-hydrogen) atoms. The van der Waals surface area contributed by atoms with Gasteiger partial charge in [0, 0.05) is 18.7 Å². The van der Waals surface area contributed by atoms with Crippen LogP contribution in [-0.4, -0.2) is 38.8 Å². The number of benzene rings is 2. The molecule has 6 nitrogen and oxygen atoms in total. The molecule has 0 spiro atoms. The van der Waals surface area contributed by atoms with Crippen LogP contribution in [0.15, 0.2) is 47.4 Å². The fourth-order valence-electron chi connectivity index (χ4n) is 4.09. The molecule has 0 aromatic heterocycles. The van der Waals surface area contributed by atoms with Gasteiger partial charge in [0.05, 0.1) is 18.2 Å². The monoisotopic (exact) mass is 492 g/mol. The average molecular weight is 493 g/mol. The SMILES string of the molecule is COc1ccc([C@@H](CC(C)C)NC(=O)c2ccc(Cl)c(S(=O)(=O)N3CCCCCC3)c2)cc1. The van der Waals surface area contributed by atoms with E-state index in [1.165, 1.54) is 16.4 Å². The van der Waals surface area contributed by atoms with Gasteiger partial charge >= 0.3 is 0 Å². The first-order valence-electron chi connectivity index (χ1n) is 11.5. The van der Waals surface area contributed by atoms with E-state index >= 15 is 0 Å². The van der Waals surface area contributed by atoms with Gasteiger partial charge < -0.3 is 10.1 Å². The van der Waals surface area contributed by atoms with E-state index in [0.29, 0.717) is 19.0 Å². The minimum Gasteiger partial charge on any atom is -0.497 e. The van der Waals surface area contributed by atoms with Gasteiger partial charge in [0.25, 0.3) is 5.91 Å². The van der Waals surface area contributed by atoms with Crippen LogP contribution in [0, 0.1) is 5.92 Å². The number of rotatable bonds is 8. The molecule has 1 N–H and O–H groups in total. The van der Waals surface area contributed by atoms with Crippen molar-refractivity contribution in [2.45, 2.75) is 56.9 Å². The highest BCUT2D eigenvalue weighted by atomic mass is 35.5. The van der Waals surface area contributed by atoms with E-state index in [4.69, 9.17) is 16.3 Å². The summed E-state index contributed by atoms with van der Waals surface area (Å²) < 4.78 is 33.3. The van der Waals surface area contributed by atoms with Crippen molar-refractivity contribution in [3.05, 3.63) is 58.6 Å². The predicted octanol–water partition coefficient (Wildman–Crippen LogP) is 5.43. The number of amides is 1. The zero-order valence-corrected chi connectivity index (χ0v) is 21.1. The summed E-state index contributed by atoms with van der Waals surface area (Å²) in [5, 5.41) is 3.20. The summed E-state index contributed by atoms with van der Waals surface area (Å²) in [5.41, 5.74) is 1.24. The van der Waals surface area contributed by atoms with Gasteiger partial charge in [-0.15, -0.1) is 0 Å². The highest BCUT2D eigenvalue weighted by molar-refractivity contribution is 7.89. The Labute approximate surface area is 202 Å². The van der Waals surface area contributed by atoms with Crippen molar-refractivity contribution >= 4 is 27.5 Å². The van der Waals surface area contributed by atoms with Gasteiger partial charge in [0.1, 0.15) is 10.6 Å². The summed E-state index contributed by atoms with van der Waals surface area (Å²) >= 11 is 6.30. The van der Waals surface area contributed by atoms with Crippen molar-refractivity contribution in [3.63, 3.8) is 0 Å². The van der Waals surface area contributed by atoms with Crippen LogP contribution in [0.1, 0.15) is 67.9 Å². The Balaban J connectivity index is 1.86. The molecular formula is C25H33ClN2O4S. The van der Waals surface area contributed by atoms with Gasteiger partial charge in [-0.3, -0.25) is 4.79 Å². The summed E-state index contributed by atoms with van der Waals surface area (Å²) in [6.45, 7) is 5.14. The van der Waals surface area contributed by atoms with Gasteiger partial charge in [-0.2, -0.15) is 4.31 Å². The molecule has 1 saturated heterocycles. The molecule has 0 bridgehead atoms. The van der Waals surface area contributed by atoms with Crippen LogP contribution in [0.2, 0.25) is 5.02 Å². The van der Waals surface area contributed by atoms with Crippen molar-refractivity contribution in [1.82, 2.24) is 9.62 Å². The van der Waals surface area contributed by atoms with Crippen molar-refractivity contribution in [1.29, 1.82) is 0 Å². The number of carbonyl (C=O) groups excluding carboxylic acids is 1. The second-order valence-corrected chi connectivity index (χ2v) is 11.2. The molecular weight excluding hydrogens is 460 g/mol. The van der Waals surface area contributed by atoms with Crippen LogP contribution in [0.3, 0.4) is 0 Å². The second-order valence-electron chi connectivity index (χ2n) is 8.89. The number of hydrogen-bond acceptors (Lipinski definition) is 4. The van der Waals surface area contributed by atoms with Gasteiger partial charge in [-0.05, 0) is 61.1 Å². The van der Waals surface area contributed by atoms with E-state index < -0.39 is 10.0 Å². The third-order valence-corrected chi connectivity index (χ3v) is 8.29. The first-order chi connectivity index (χ1) is 15.7. The lowest BCUT2D eigenvalue weighted by atomic mass is 9.96. The van der Waals surface area contributed by atoms with Crippen molar-refractivity contribution in [2.75, 3.05) is 20.2 Å². The molecule has 0 radical (unpaired) electrons. The van der Waals surface area contributed by atoms with Gasteiger partial charge in [0.15, 0.2) is 0 Å². The highest BCUT2D eigenvalue weighted by Crippen LogP contribution is 2.29. The number of halogens is 1. The molecule has 2 aromatic rings. The maximum absolute atomic E-state index is 13.3. The highest BCUT2D eigenvalue weighted by Gasteiger charge is 2.28. The van der Waals surface area contributed by atoms with E-state index in [0.717, 1.165) is 43.4 Å². The molecule has 1 heterocycles. The van der Waals surface area contributed by atoms with Crippen LogP contribution < -0.4 is 10.1 Å². The molecule has 0 unspecified atom stereocenters. The van der Waals surface area contributed by atoms with E-state index in [2.05, 4.69) is 19.2 Å². The smallest absolute Gasteiger partial charge is 0.251 e. The third-order valence-electron chi connectivity index (χ3n) is 5.91. The predicted molar refractivity (Wildman–Crippen MR) is 131 cm³/mol. The second kappa shape index (κ2) is 11.4. The lowest BCUT2D eigenvalue weighted by Gasteiger charge is -2.23. The van der Waals surface area contributed by atoms with Crippen LogP contribution >= 0.6 is 11.6 Å². The van der Waals surface area contributed by atoms with Crippen molar-refractivity contribution < 1.29 is 17.9 Å². The minimum absolute atomic E-state index is 0.0106. The number of ether oxygens (including phenoxy) is 1. The Kier molecular flexibility index (Phi) is 8.79. The van der Waals surface area contributed by atoms with Gasteiger partial charge in [-0.25, -0.2) is 8.42 Å². The fourth-order valence-corrected chi connectivity index (χ4v) is 6.11. The van der Waals surface area contributed by atoms with Crippen LogP contribution in [-0.2, 0) is 10.0 Å². The Bertz CT molecular complexity index is 1050. The van der Waals surface area contributed by atoms with E-state index in [1.54, 1.807) is 13.2 Å². The number of nitrogens with one attached hydrogen (secondary N) is 1. The first kappa shape index (κ1) is 25.5. The van der Waals surface area contributed by atoms with E-state index in [9.17, 15) is 13.2 Å². The fraction of sp³-hybridized carbons (Fsp3) is 0.480. The summed E-state index contributed by atoms with van der Waals surface area (Å²) in [5.74, 6) is 0.761. The van der Waals surface area contributed by atoms with Crippen LogP contribution in [0.25, 0.3) is 0 Å². The molecule has 1 aliphatic rings. The molecule has 1 amide bonds. The molecule has 1 fully saturated rings. The van der Waals surface area contributed by atoms with Crippen molar-refractivity contribution in [3.8, 4) is 5.75 Å². The number of methoxy groups -OCH3 is 1. The van der Waals surface area contributed by atoms with Crippen LogP contribution in [0.4, 0.5) is 0 Å². The first-order valence-corrected chi connectivity index (χ1v) is 13.3. The molecule has 1 atom stereocenters. The zero-order chi connectivity index (χ0) is 24.0. The van der Waals surface area contributed by atoms with Crippen molar-refractivity contribution in [2.24, 2.45) is 5.92 Å². The third kappa shape index (κ3) is 6.49. The number of sulfonamides is 1. The van der Waals surface area contributed by atoms with E-state index in [1.807, 2.05) is 24.3 Å². The standard InChI is InChI=1S/C25H33ClN2O4S/c1-18(2)16-23(19-8-11-21(32-3)12-9-19)27-25(29)20-10-13-22(26)24(17-20)33(30,31)28-14-6-4-5-7-15-28/h8-13,17-18,23H,4-7,14-16H2,1-3H3,(H,27,29)/t23-/m1/s1. The summed E-state index contributed by atoms with van der Waals surface area (Å²) in [4.78, 5) is 13.2. The Hall–Kier alpha value is -2.09. The van der Waals surface area contributed by atoms with Crippen LogP contribution in [0.5, 0.6) is 5.75 Å². The number of nitrogens with zero attached hydrogens (tertiary/aromatic N) is 1. The minimum atomic E-state index is -3.77. The zero-order valence-electron chi connectivity index (χ0n) is 19.5. The summed E-state index contributed by atoms with van der Waals surface area (Å²) in [6, 6.07) is 11.8. The molecule has 2 aromatic carbocycles. The normalized spacial score (nSPS) is 16.3. The summed E-state index contributed by atoms with van der Waals surface area (Å²) in [6.07, 6.45) is 4.44. The largest absolute Gasteiger partial charge is 0.497 e. The molecule has 8 heteroatoms. The summed E-state index contributed by atoms with van der Waals surface area (Å²) in [7, 11) is -2.16. The molecule has 180 valence electrons. The Morgan fingerprint density at radius 2 is 1.70 bits per heavy atom.